The number of hydrogen-bond donors (Lipinski definition) is 1. The number of carbonyl (C=O) groups is 2. The van der Waals surface area contributed by atoms with Gasteiger partial charge in [-0.25, -0.2) is 0 Å². The molecule has 0 bridgehead atoms. The molecule has 17 heavy (non-hydrogen) atoms. The van der Waals surface area contributed by atoms with E-state index in [-0.39, 0.29) is 16.4 Å². The van der Waals surface area contributed by atoms with Crippen LogP contribution in [0.2, 0.25) is 0 Å². The average molecular weight is 247 g/mol. The van der Waals surface area contributed by atoms with Crippen LogP contribution in [0.15, 0.2) is 34.7 Å². The first-order chi connectivity index (χ1) is 8.22. The summed E-state index contributed by atoms with van der Waals surface area (Å²) < 4.78 is 5.61. The predicted molar refractivity (Wildman–Crippen MR) is 64.8 cm³/mol. The molecule has 1 saturated heterocycles. The molecule has 86 valence electrons. The number of carbonyl (C=O) groups excluding carboxylic acids is 2. The largest absolute Gasteiger partial charge is 0.461 e. The molecule has 1 aromatic heterocycles. The fourth-order valence-corrected chi connectivity index (χ4v) is 2.68. The zero-order valence-electron chi connectivity index (χ0n) is 8.80. The van der Waals surface area contributed by atoms with Crippen LogP contribution in [0.3, 0.4) is 0 Å². The summed E-state index contributed by atoms with van der Waals surface area (Å²) in [7, 11) is 0. The van der Waals surface area contributed by atoms with Gasteiger partial charge in [0.05, 0.1) is 0 Å². The highest BCUT2D eigenvalue weighted by Crippen LogP contribution is 2.26. The first-order valence-corrected chi connectivity index (χ1v) is 6.09. The van der Waals surface area contributed by atoms with Crippen LogP contribution >= 0.6 is 11.8 Å². The number of hydrogen-bond acceptors (Lipinski definition) is 4. The van der Waals surface area contributed by atoms with E-state index in [2.05, 4.69) is 5.32 Å². The maximum Gasteiger partial charge on any atom is 0.286 e. The van der Waals surface area contributed by atoms with E-state index < -0.39 is 0 Å². The number of furan rings is 1. The molecule has 1 N–H and O–H groups in total. The molecule has 4 nitrogen and oxygen atoms in total. The van der Waals surface area contributed by atoms with E-state index in [4.69, 9.17) is 4.42 Å². The van der Waals surface area contributed by atoms with Crippen LogP contribution in [0.1, 0.15) is 5.76 Å². The van der Waals surface area contributed by atoms with Crippen molar-refractivity contribution >= 4 is 33.9 Å². The molecule has 2 heterocycles. The highest BCUT2D eigenvalue weighted by Gasteiger charge is 2.32. The summed E-state index contributed by atoms with van der Waals surface area (Å²) in [6.07, 6.45) is 0.441. The number of benzene rings is 1. The highest BCUT2D eigenvalue weighted by molar-refractivity contribution is 8.15. The van der Waals surface area contributed by atoms with Crippen molar-refractivity contribution in [2.45, 2.75) is 11.7 Å². The molecule has 1 aliphatic rings. The van der Waals surface area contributed by atoms with Crippen molar-refractivity contribution in [3.05, 3.63) is 36.1 Å². The summed E-state index contributed by atoms with van der Waals surface area (Å²) >= 11 is 1.02. The Kier molecular flexibility index (Phi) is 2.40. The Morgan fingerprint density at radius 1 is 1.29 bits per heavy atom. The minimum Gasteiger partial charge on any atom is -0.461 e. The lowest BCUT2D eigenvalue weighted by Gasteiger charge is -2.00. The second-order valence-electron chi connectivity index (χ2n) is 3.84. The zero-order valence-corrected chi connectivity index (χ0v) is 9.62. The van der Waals surface area contributed by atoms with E-state index >= 15 is 0 Å². The van der Waals surface area contributed by atoms with Gasteiger partial charge in [0.1, 0.15) is 16.6 Å². The van der Waals surface area contributed by atoms with Gasteiger partial charge in [0, 0.05) is 11.8 Å². The van der Waals surface area contributed by atoms with E-state index in [1.807, 2.05) is 30.3 Å². The first-order valence-electron chi connectivity index (χ1n) is 5.21. The van der Waals surface area contributed by atoms with Crippen molar-refractivity contribution in [1.29, 1.82) is 0 Å². The quantitative estimate of drug-likeness (QED) is 0.884. The SMILES string of the molecule is O=C1NC(=O)[C@H](Cc2cc3ccccc3o2)S1. The Balaban J connectivity index is 1.85. The van der Waals surface area contributed by atoms with Crippen LogP contribution in [0.25, 0.3) is 11.0 Å². The van der Waals surface area contributed by atoms with E-state index in [0.29, 0.717) is 6.42 Å². The molecule has 1 fully saturated rings. The fourth-order valence-electron chi connectivity index (χ4n) is 1.85. The van der Waals surface area contributed by atoms with E-state index in [0.717, 1.165) is 28.5 Å². The monoisotopic (exact) mass is 247 g/mol. The minimum absolute atomic E-state index is 0.236. The Bertz CT molecular complexity index is 572. The van der Waals surface area contributed by atoms with Gasteiger partial charge in [-0.1, -0.05) is 30.0 Å². The van der Waals surface area contributed by atoms with Crippen molar-refractivity contribution in [3.63, 3.8) is 0 Å². The molecule has 1 aliphatic heterocycles. The number of thioether (sulfide) groups is 1. The number of para-hydroxylation sites is 1. The summed E-state index contributed by atoms with van der Waals surface area (Å²) in [5, 5.41) is 2.62. The molecule has 0 radical (unpaired) electrons. The molecule has 0 spiro atoms. The molecule has 0 aliphatic carbocycles. The van der Waals surface area contributed by atoms with Crippen LogP contribution < -0.4 is 5.32 Å². The molecule has 1 aromatic carbocycles. The highest BCUT2D eigenvalue weighted by atomic mass is 32.2. The van der Waals surface area contributed by atoms with Crippen LogP contribution in [0.4, 0.5) is 4.79 Å². The van der Waals surface area contributed by atoms with Crippen molar-refractivity contribution in [3.8, 4) is 0 Å². The molecule has 2 amide bonds. The normalized spacial score (nSPS) is 19.9. The van der Waals surface area contributed by atoms with Crippen molar-refractivity contribution in [1.82, 2.24) is 5.32 Å². The van der Waals surface area contributed by atoms with Crippen LogP contribution in [-0.4, -0.2) is 16.4 Å². The summed E-state index contributed by atoms with van der Waals surface area (Å²) in [4.78, 5) is 22.4. The van der Waals surface area contributed by atoms with Gasteiger partial charge in [0.15, 0.2) is 0 Å². The van der Waals surface area contributed by atoms with Gasteiger partial charge in [0.2, 0.25) is 5.91 Å². The maximum absolute atomic E-state index is 11.4. The van der Waals surface area contributed by atoms with Gasteiger partial charge in [-0.2, -0.15) is 0 Å². The molecular formula is C12H9NO3S. The van der Waals surface area contributed by atoms with E-state index in [1.165, 1.54) is 0 Å². The lowest BCUT2D eigenvalue weighted by atomic mass is 10.2. The summed E-state index contributed by atoms with van der Waals surface area (Å²) in [5.74, 6) is 0.494. The summed E-state index contributed by atoms with van der Waals surface area (Å²) in [5.41, 5.74) is 0.803. The molecule has 1 atom stereocenters. The molecule has 5 heteroatoms. The van der Waals surface area contributed by atoms with Gasteiger partial charge in [-0.3, -0.25) is 14.9 Å². The summed E-state index contributed by atoms with van der Waals surface area (Å²) in [6, 6.07) is 9.57. The summed E-state index contributed by atoms with van der Waals surface area (Å²) in [6.45, 7) is 0. The van der Waals surface area contributed by atoms with E-state index in [1.54, 1.807) is 0 Å². The number of nitrogens with one attached hydrogen (secondary N) is 1. The van der Waals surface area contributed by atoms with Crippen molar-refractivity contribution < 1.29 is 14.0 Å². The topological polar surface area (TPSA) is 59.3 Å². The number of amides is 2. The third-order valence-corrected chi connectivity index (χ3v) is 3.61. The lowest BCUT2D eigenvalue weighted by molar-refractivity contribution is -0.119. The fraction of sp³-hybridized carbons (Fsp3) is 0.167. The second kappa shape index (κ2) is 3.92. The van der Waals surface area contributed by atoms with Gasteiger partial charge < -0.3 is 4.42 Å². The number of fused-ring (bicyclic) bond motifs is 1. The van der Waals surface area contributed by atoms with Gasteiger partial charge >= 0.3 is 0 Å². The molecule has 0 saturated carbocycles. The molecule has 3 rings (SSSR count). The van der Waals surface area contributed by atoms with Crippen molar-refractivity contribution in [2.75, 3.05) is 0 Å². The zero-order chi connectivity index (χ0) is 11.8. The first kappa shape index (κ1) is 10.4. The average Bonchev–Trinajstić information content (AvgIpc) is 2.82. The van der Waals surface area contributed by atoms with Gasteiger partial charge in [0.25, 0.3) is 5.24 Å². The second-order valence-corrected chi connectivity index (χ2v) is 5.01. The van der Waals surface area contributed by atoms with Gasteiger partial charge in [-0.15, -0.1) is 0 Å². The predicted octanol–water partition coefficient (Wildman–Crippen LogP) is 2.33. The van der Waals surface area contributed by atoms with Crippen molar-refractivity contribution in [2.24, 2.45) is 0 Å². The molecule has 0 unspecified atom stereocenters. The lowest BCUT2D eigenvalue weighted by Crippen LogP contribution is -2.25. The number of imide groups is 1. The Morgan fingerprint density at radius 3 is 2.82 bits per heavy atom. The van der Waals surface area contributed by atoms with Crippen LogP contribution in [0.5, 0.6) is 0 Å². The number of rotatable bonds is 2. The molecule has 2 aromatic rings. The third-order valence-electron chi connectivity index (χ3n) is 2.63. The Labute approximate surface area is 101 Å². The Hall–Kier alpha value is -1.75. The third kappa shape index (κ3) is 1.93. The van der Waals surface area contributed by atoms with Crippen LogP contribution in [-0.2, 0) is 11.2 Å². The van der Waals surface area contributed by atoms with Gasteiger partial charge in [-0.05, 0) is 12.1 Å². The molecular weight excluding hydrogens is 238 g/mol. The maximum atomic E-state index is 11.4. The standard InChI is InChI=1S/C12H9NO3S/c14-11-10(17-12(15)13-11)6-8-5-7-3-1-2-4-9(7)16-8/h1-5,10H,6H2,(H,13,14,15)/t10-/m0/s1. The minimum atomic E-state index is -0.372. The van der Waals surface area contributed by atoms with Crippen LogP contribution in [0, 0.1) is 0 Å². The smallest absolute Gasteiger partial charge is 0.286 e. The van der Waals surface area contributed by atoms with E-state index in [9.17, 15) is 9.59 Å². The Morgan fingerprint density at radius 2 is 2.12 bits per heavy atom.